The number of hydrogen-bond donors (Lipinski definition) is 2. The van der Waals surface area contributed by atoms with Crippen molar-refractivity contribution in [3.05, 3.63) is 29.8 Å². The topological polar surface area (TPSA) is 106 Å². The summed E-state index contributed by atoms with van der Waals surface area (Å²) in [6.07, 6.45) is 0.665. The SMILES string of the molecule is NC(=O)c1ccc(S(=O)(=O)N2CC[C@H](N)C2)cc1. The van der Waals surface area contributed by atoms with Gasteiger partial charge in [-0.2, -0.15) is 4.31 Å². The largest absolute Gasteiger partial charge is 0.366 e. The highest BCUT2D eigenvalue weighted by atomic mass is 32.2. The van der Waals surface area contributed by atoms with Crippen molar-refractivity contribution < 1.29 is 13.2 Å². The van der Waals surface area contributed by atoms with Crippen molar-refractivity contribution in [3.8, 4) is 0 Å². The van der Waals surface area contributed by atoms with Gasteiger partial charge in [0.05, 0.1) is 4.90 Å². The van der Waals surface area contributed by atoms with E-state index in [9.17, 15) is 13.2 Å². The standard InChI is InChI=1S/C11H15N3O3S/c12-9-5-6-14(7-9)18(16,17)10-3-1-8(2-4-10)11(13)15/h1-4,9H,5-7,12H2,(H2,13,15)/t9-/m0/s1. The molecule has 0 radical (unpaired) electrons. The van der Waals surface area contributed by atoms with Crippen LogP contribution in [0.15, 0.2) is 29.2 Å². The number of benzene rings is 1. The van der Waals surface area contributed by atoms with E-state index < -0.39 is 15.9 Å². The lowest BCUT2D eigenvalue weighted by Crippen LogP contribution is -2.32. The maximum atomic E-state index is 12.2. The van der Waals surface area contributed by atoms with Gasteiger partial charge in [-0.25, -0.2) is 8.42 Å². The van der Waals surface area contributed by atoms with Crippen LogP contribution in [-0.2, 0) is 10.0 Å². The predicted molar refractivity (Wildman–Crippen MR) is 66.3 cm³/mol. The molecule has 0 spiro atoms. The number of hydrogen-bond acceptors (Lipinski definition) is 4. The number of carbonyl (C=O) groups excluding carboxylic acids is 1. The van der Waals surface area contributed by atoms with Crippen LogP contribution < -0.4 is 11.5 Å². The fourth-order valence-corrected chi connectivity index (χ4v) is 3.42. The van der Waals surface area contributed by atoms with E-state index in [-0.39, 0.29) is 16.5 Å². The number of carbonyl (C=O) groups is 1. The monoisotopic (exact) mass is 269 g/mol. The van der Waals surface area contributed by atoms with Gasteiger partial charge < -0.3 is 11.5 Å². The highest BCUT2D eigenvalue weighted by Crippen LogP contribution is 2.20. The first-order valence-corrected chi connectivity index (χ1v) is 7.01. The van der Waals surface area contributed by atoms with Gasteiger partial charge >= 0.3 is 0 Å². The molecule has 2 rings (SSSR count). The molecule has 0 aromatic heterocycles. The molecule has 1 saturated heterocycles. The number of rotatable bonds is 3. The van der Waals surface area contributed by atoms with Gasteiger partial charge in [0, 0.05) is 24.7 Å². The molecule has 4 N–H and O–H groups in total. The fourth-order valence-electron chi connectivity index (χ4n) is 1.91. The molecular weight excluding hydrogens is 254 g/mol. The van der Waals surface area contributed by atoms with Crippen molar-refractivity contribution in [2.24, 2.45) is 11.5 Å². The van der Waals surface area contributed by atoms with Crippen LogP contribution in [0.2, 0.25) is 0 Å². The smallest absolute Gasteiger partial charge is 0.248 e. The van der Waals surface area contributed by atoms with Crippen LogP contribution >= 0.6 is 0 Å². The molecule has 1 atom stereocenters. The highest BCUT2D eigenvalue weighted by Gasteiger charge is 2.30. The summed E-state index contributed by atoms with van der Waals surface area (Å²) in [5.74, 6) is -0.581. The second-order valence-electron chi connectivity index (χ2n) is 4.30. The lowest BCUT2D eigenvalue weighted by Gasteiger charge is -2.15. The molecular formula is C11H15N3O3S. The van der Waals surface area contributed by atoms with Gasteiger partial charge in [-0.15, -0.1) is 0 Å². The predicted octanol–water partition coefficient (Wildman–Crippen LogP) is -0.493. The van der Waals surface area contributed by atoms with Gasteiger partial charge in [0.1, 0.15) is 0 Å². The van der Waals surface area contributed by atoms with E-state index in [1.54, 1.807) is 0 Å². The molecule has 1 aliphatic rings. The molecule has 1 fully saturated rings. The molecule has 6 nitrogen and oxygen atoms in total. The number of nitrogens with two attached hydrogens (primary N) is 2. The molecule has 1 heterocycles. The summed E-state index contributed by atoms with van der Waals surface area (Å²) in [4.78, 5) is 11.1. The Kier molecular flexibility index (Phi) is 3.38. The Hall–Kier alpha value is -1.44. The van der Waals surface area contributed by atoms with Crippen LogP contribution in [0.25, 0.3) is 0 Å². The quantitative estimate of drug-likeness (QED) is 0.772. The van der Waals surface area contributed by atoms with Crippen molar-refractivity contribution in [1.82, 2.24) is 4.31 Å². The summed E-state index contributed by atoms with van der Waals surface area (Å²) in [6, 6.07) is 5.49. The Balaban J connectivity index is 2.27. The van der Waals surface area contributed by atoms with Gasteiger partial charge in [0.15, 0.2) is 0 Å². The first kappa shape index (κ1) is 13.0. The summed E-state index contributed by atoms with van der Waals surface area (Å²) >= 11 is 0. The molecule has 1 amide bonds. The first-order chi connectivity index (χ1) is 8.41. The van der Waals surface area contributed by atoms with Gasteiger partial charge in [-0.05, 0) is 30.7 Å². The molecule has 1 aliphatic heterocycles. The average molecular weight is 269 g/mol. The minimum atomic E-state index is -3.51. The zero-order valence-corrected chi connectivity index (χ0v) is 10.6. The van der Waals surface area contributed by atoms with E-state index in [1.807, 2.05) is 0 Å². The van der Waals surface area contributed by atoms with Crippen molar-refractivity contribution in [2.45, 2.75) is 17.4 Å². The Morgan fingerprint density at radius 3 is 2.33 bits per heavy atom. The lowest BCUT2D eigenvalue weighted by atomic mass is 10.2. The van der Waals surface area contributed by atoms with Crippen molar-refractivity contribution >= 4 is 15.9 Å². The van der Waals surface area contributed by atoms with E-state index in [0.717, 1.165) is 0 Å². The van der Waals surface area contributed by atoms with Crippen molar-refractivity contribution in [1.29, 1.82) is 0 Å². The lowest BCUT2D eigenvalue weighted by molar-refractivity contribution is 0.1000. The van der Waals surface area contributed by atoms with E-state index in [4.69, 9.17) is 11.5 Å². The Bertz CT molecular complexity index is 553. The normalized spacial score (nSPS) is 21.1. The number of nitrogens with zero attached hydrogens (tertiary/aromatic N) is 1. The third kappa shape index (κ3) is 2.38. The van der Waals surface area contributed by atoms with Gasteiger partial charge in [-0.3, -0.25) is 4.79 Å². The van der Waals surface area contributed by atoms with Crippen molar-refractivity contribution in [2.75, 3.05) is 13.1 Å². The summed E-state index contributed by atoms with van der Waals surface area (Å²) in [7, 11) is -3.51. The van der Waals surface area contributed by atoms with Crippen LogP contribution in [0.1, 0.15) is 16.8 Å². The molecule has 1 aromatic rings. The van der Waals surface area contributed by atoms with E-state index in [0.29, 0.717) is 19.5 Å². The maximum absolute atomic E-state index is 12.2. The zero-order chi connectivity index (χ0) is 13.3. The van der Waals surface area contributed by atoms with Gasteiger partial charge in [-0.1, -0.05) is 0 Å². The van der Waals surface area contributed by atoms with E-state index in [2.05, 4.69) is 0 Å². The Morgan fingerprint density at radius 2 is 1.89 bits per heavy atom. The first-order valence-electron chi connectivity index (χ1n) is 5.57. The minimum Gasteiger partial charge on any atom is -0.366 e. The molecule has 98 valence electrons. The molecule has 0 aliphatic carbocycles. The number of amides is 1. The van der Waals surface area contributed by atoms with Crippen LogP contribution in [0.5, 0.6) is 0 Å². The molecule has 0 bridgehead atoms. The fraction of sp³-hybridized carbons (Fsp3) is 0.364. The highest BCUT2D eigenvalue weighted by molar-refractivity contribution is 7.89. The molecule has 1 aromatic carbocycles. The second-order valence-corrected chi connectivity index (χ2v) is 6.24. The second kappa shape index (κ2) is 4.68. The summed E-state index contributed by atoms with van der Waals surface area (Å²) < 4.78 is 25.8. The summed E-state index contributed by atoms with van der Waals surface area (Å²) in [5, 5.41) is 0. The van der Waals surface area contributed by atoms with E-state index in [1.165, 1.54) is 28.6 Å². The Morgan fingerprint density at radius 1 is 1.28 bits per heavy atom. The van der Waals surface area contributed by atoms with Crippen LogP contribution in [0.4, 0.5) is 0 Å². The van der Waals surface area contributed by atoms with Crippen LogP contribution in [0, 0.1) is 0 Å². The van der Waals surface area contributed by atoms with Crippen LogP contribution in [0.3, 0.4) is 0 Å². The van der Waals surface area contributed by atoms with Gasteiger partial charge in [0.2, 0.25) is 15.9 Å². The minimum absolute atomic E-state index is 0.107. The third-order valence-electron chi connectivity index (χ3n) is 2.96. The molecule has 0 saturated carbocycles. The zero-order valence-electron chi connectivity index (χ0n) is 9.74. The molecule has 0 unspecified atom stereocenters. The summed E-state index contributed by atoms with van der Waals surface area (Å²) in [5.41, 5.74) is 11.1. The van der Waals surface area contributed by atoms with Crippen LogP contribution in [-0.4, -0.2) is 37.8 Å². The van der Waals surface area contributed by atoms with Gasteiger partial charge in [0.25, 0.3) is 0 Å². The third-order valence-corrected chi connectivity index (χ3v) is 4.84. The van der Waals surface area contributed by atoms with Crippen molar-refractivity contribution in [3.63, 3.8) is 0 Å². The maximum Gasteiger partial charge on any atom is 0.248 e. The molecule has 18 heavy (non-hydrogen) atoms. The average Bonchev–Trinajstić information content (AvgIpc) is 2.76. The van der Waals surface area contributed by atoms with E-state index >= 15 is 0 Å². The summed E-state index contributed by atoms with van der Waals surface area (Å²) in [6.45, 7) is 0.765. The number of primary amides is 1. The molecule has 7 heteroatoms. The Labute approximate surface area is 106 Å². The number of sulfonamides is 1.